The molecule has 1 aromatic heterocycles. The van der Waals surface area contributed by atoms with Crippen molar-refractivity contribution in [2.24, 2.45) is 11.8 Å². The minimum absolute atomic E-state index is 0.0116. The van der Waals surface area contributed by atoms with Gasteiger partial charge in [0.15, 0.2) is 5.78 Å². The molecule has 3 aliphatic heterocycles. The van der Waals surface area contributed by atoms with Crippen LogP contribution in [0.3, 0.4) is 0 Å². The largest absolute Gasteiger partial charge is 0.417 e. The third kappa shape index (κ3) is 4.77. The van der Waals surface area contributed by atoms with Gasteiger partial charge in [-0.25, -0.2) is 4.79 Å². The molecule has 164 valence electrons. The number of carbonyl (C=O) groups is 2. The number of carbonyl (C=O) groups excluding carboxylic acids is 2. The predicted molar refractivity (Wildman–Crippen MR) is 102 cm³/mol. The van der Waals surface area contributed by atoms with Crippen LogP contribution in [0, 0.1) is 11.8 Å². The van der Waals surface area contributed by atoms with Crippen LogP contribution in [-0.2, 0) is 22.1 Å². The lowest BCUT2D eigenvalue weighted by atomic mass is 9.88. The molecule has 4 heterocycles. The zero-order valence-corrected chi connectivity index (χ0v) is 16.7. The molecule has 30 heavy (non-hydrogen) atoms. The highest BCUT2D eigenvalue weighted by Gasteiger charge is 2.38. The fraction of sp³-hybridized carbons (Fsp3) is 0.667. The molecule has 0 radical (unpaired) electrons. The third-order valence-electron chi connectivity index (χ3n) is 6.42. The highest BCUT2D eigenvalue weighted by atomic mass is 19.4. The van der Waals surface area contributed by atoms with E-state index in [0.717, 1.165) is 31.5 Å². The maximum Gasteiger partial charge on any atom is 0.417 e. The van der Waals surface area contributed by atoms with Crippen molar-refractivity contribution < 1.29 is 27.5 Å². The minimum Gasteiger partial charge on any atom is -0.370 e. The Balaban J connectivity index is 1.26. The molecule has 4 rings (SSSR count). The first-order valence-corrected chi connectivity index (χ1v) is 10.5. The zero-order valence-electron chi connectivity index (χ0n) is 16.7. The summed E-state index contributed by atoms with van der Waals surface area (Å²) in [7, 11) is 0. The maximum atomic E-state index is 12.9. The first kappa shape index (κ1) is 21.1. The van der Waals surface area contributed by atoms with E-state index in [-0.39, 0.29) is 30.4 Å². The standard InChI is InChI=1S/C21H26F3N3O3/c22-21(23,24)16-1-2-17(25-11-16)9-14-3-6-26(7-4-14)20(29)27-8-5-19-15(12-27)10-18(28)13-30-19/h1-2,11,14-15,19H,3-10,12-13H2/t15-,19+/m1/s1. The van der Waals surface area contributed by atoms with Crippen molar-refractivity contribution in [1.82, 2.24) is 14.8 Å². The van der Waals surface area contributed by atoms with Crippen molar-refractivity contribution in [2.75, 3.05) is 32.8 Å². The van der Waals surface area contributed by atoms with Gasteiger partial charge in [-0.05, 0) is 43.7 Å². The second-order valence-electron chi connectivity index (χ2n) is 8.54. The summed E-state index contributed by atoms with van der Waals surface area (Å²) in [4.78, 5) is 32.2. The van der Waals surface area contributed by atoms with Crippen molar-refractivity contribution in [3.8, 4) is 0 Å². The van der Waals surface area contributed by atoms with Crippen LogP contribution in [0.5, 0.6) is 0 Å². The molecule has 1 aromatic rings. The number of urea groups is 1. The lowest BCUT2D eigenvalue weighted by Crippen LogP contribution is -2.54. The van der Waals surface area contributed by atoms with Crippen molar-refractivity contribution in [1.29, 1.82) is 0 Å². The maximum absolute atomic E-state index is 12.9. The monoisotopic (exact) mass is 425 g/mol. The van der Waals surface area contributed by atoms with Crippen LogP contribution in [0.25, 0.3) is 0 Å². The van der Waals surface area contributed by atoms with E-state index in [1.165, 1.54) is 6.07 Å². The van der Waals surface area contributed by atoms with Gasteiger partial charge in [0, 0.05) is 50.4 Å². The Morgan fingerprint density at radius 1 is 1.13 bits per heavy atom. The lowest BCUT2D eigenvalue weighted by Gasteiger charge is -2.43. The molecule has 0 spiro atoms. The number of likely N-dealkylation sites (tertiary alicyclic amines) is 2. The molecular weight excluding hydrogens is 399 g/mol. The number of aromatic nitrogens is 1. The molecule has 3 saturated heterocycles. The van der Waals surface area contributed by atoms with E-state index in [4.69, 9.17) is 4.74 Å². The number of halogens is 3. The van der Waals surface area contributed by atoms with Gasteiger partial charge in [0.25, 0.3) is 0 Å². The molecule has 6 nitrogen and oxygen atoms in total. The summed E-state index contributed by atoms with van der Waals surface area (Å²) in [5.41, 5.74) is -0.0858. The molecule has 3 aliphatic rings. The average Bonchev–Trinajstić information content (AvgIpc) is 2.73. The Morgan fingerprint density at radius 2 is 1.87 bits per heavy atom. The Hall–Kier alpha value is -2.16. The Labute approximate surface area is 173 Å². The summed E-state index contributed by atoms with van der Waals surface area (Å²) in [6.07, 6.45) is 0.0591. The van der Waals surface area contributed by atoms with Crippen LogP contribution >= 0.6 is 0 Å². The van der Waals surface area contributed by atoms with Crippen LogP contribution in [-0.4, -0.2) is 65.5 Å². The fourth-order valence-corrected chi connectivity index (χ4v) is 4.69. The smallest absolute Gasteiger partial charge is 0.370 e. The van der Waals surface area contributed by atoms with Crippen molar-refractivity contribution in [3.05, 3.63) is 29.6 Å². The van der Waals surface area contributed by atoms with Crippen molar-refractivity contribution >= 4 is 11.8 Å². The van der Waals surface area contributed by atoms with Gasteiger partial charge >= 0.3 is 12.2 Å². The van der Waals surface area contributed by atoms with E-state index in [2.05, 4.69) is 4.98 Å². The van der Waals surface area contributed by atoms with Crippen molar-refractivity contribution in [2.45, 2.75) is 44.4 Å². The lowest BCUT2D eigenvalue weighted by molar-refractivity contribution is -0.140. The molecule has 3 fully saturated rings. The topological polar surface area (TPSA) is 62.7 Å². The number of piperidine rings is 2. The number of alkyl halides is 3. The molecule has 0 aromatic carbocycles. The number of fused-ring (bicyclic) bond motifs is 1. The molecule has 2 amide bonds. The van der Waals surface area contributed by atoms with E-state index in [9.17, 15) is 22.8 Å². The Kier molecular flexibility index (Phi) is 5.99. The highest BCUT2D eigenvalue weighted by molar-refractivity contribution is 5.81. The SMILES string of the molecule is O=C1CO[C@H]2CCN(C(=O)N3CCC(Cc4ccc(C(F)(F)F)cn4)CC3)C[C@H]2C1. The summed E-state index contributed by atoms with van der Waals surface area (Å²) < 4.78 is 43.6. The van der Waals surface area contributed by atoms with Crippen LogP contribution in [0.4, 0.5) is 18.0 Å². The van der Waals surface area contributed by atoms with Gasteiger partial charge in [-0.2, -0.15) is 13.2 Å². The summed E-state index contributed by atoms with van der Waals surface area (Å²) in [6.45, 7) is 2.65. The highest BCUT2D eigenvalue weighted by Crippen LogP contribution is 2.30. The fourth-order valence-electron chi connectivity index (χ4n) is 4.69. The van der Waals surface area contributed by atoms with Gasteiger partial charge in [0.2, 0.25) is 0 Å². The number of nitrogens with zero attached hydrogens (tertiary/aromatic N) is 3. The predicted octanol–water partition coefficient (Wildman–Crippen LogP) is 3.15. The van der Waals surface area contributed by atoms with E-state index in [0.29, 0.717) is 50.6 Å². The van der Waals surface area contributed by atoms with Gasteiger partial charge in [-0.3, -0.25) is 9.78 Å². The van der Waals surface area contributed by atoms with E-state index in [1.807, 2.05) is 9.80 Å². The second kappa shape index (κ2) is 8.53. The summed E-state index contributed by atoms with van der Waals surface area (Å²) >= 11 is 0. The number of ketones is 1. The Morgan fingerprint density at radius 3 is 2.53 bits per heavy atom. The van der Waals surface area contributed by atoms with Gasteiger partial charge in [0.05, 0.1) is 11.7 Å². The quantitative estimate of drug-likeness (QED) is 0.730. The Bertz CT molecular complexity index is 776. The van der Waals surface area contributed by atoms with Gasteiger partial charge in [-0.15, -0.1) is 0 Å². The number of hydrogen-bond donors (Lipinski definition) is 0. The number of pyridine rings is 1. The third-order valence-corrected chi connectivity index (χ3v) is 6.42. The van der Waals surface area contributed by atoms with Crippen LogP contribution < -0.4 is 0 Å². The molecule has 2 atom stereocenters. The minimum atomic E-state index is -4.37. The number of Topliss-reactive ketones (excluding diaryl/α,β-unsaturated/α-hetero) is 1. The van der Waals surface area contributed by atoms with Crippen LogP contribution in [0.15, 0.2) is 18.3 Å². The van der Waals surface area contributed by atoms with Crippen LogP contribution in [0.2, 0.25) is 0 Å². The number of amides is 2. The first-order valence-electron chi connectivity index (χ1n) is 10.5. The molecule has 0 bridgehead atoms. The average molecular weight is 425 g/mol. The molecular formula is C21H26F3N3O3. The number of hydrogen-bond acceptors (Lipinski definition) is 4. The molecule has 0 aliphatic carbocycles. The van der Waals surface area contributed by atoms with Crippen LogP contribution in [0.1, 0.15) is 36.9 Å². The first-order chi connectivity index (χ1) is 14.3. The molecule has 9 heteroatoms. The van der Waals surface area contributed by atoms with Crippen molar-refractivity contribution in [3.63, 3.8) is 0 Å². The van der Waals surface area contributed by atoms with E-state index in [1.54, 1.807) is 0 Å². The zero-order chi connectivity index (χ0) is 21.3. The normalized spacial score (nSPS) is 25.9. The number of rotatable bonds is 2. The molecule has 0 N–H and O–H groups in total. The second-order valence-corrected chi connectivity index (χ2v) is 8.54. The molecule has 0 saturated carbocycles. The van der Waals surface area contributed by atoms with Gasteiger partial charge in [-0.1, -0.05) is 0 Å². The van der Waals surface area contributed by atoms with Gasteiger partial charge < -0.3 is 14.5 Å². The van der Waals surface area contributed by atoms with E-state index >= 15 is 0 Å². The van der Waals surface area contributed by atoms with Gasteiger partial charge in [0.1, 0.15) is 6.61 Å². The summed E-state index contributed by atoms with van der Waals surface area (Å²) in [5, 5.41) is 0. The number of ether oxygens (including phenoxy) is 1. The molecule has 0 unspecified atom stereocenters. The van der Waals surface area contributed by atoms with E-state index < -0.39 is 11.7 Å². The summed E-state index contributed by atoms with van der Waals surface area (Å²) in [6, 6.07) is 2.53. The summed E-state index contributed by atoms with van der Waals surface area (Å²) in [5.74, 6) is 0.490.